The molecule has 0 radical (unpaired) electrons. The van der Waals surface area contributed by atoms with Crippen LogP contribution in [0.2, 0.25) is 0 Å². The van der Waals surface area contributed by atoms with Gasteiger partial charge >= 0.3 is 0 Å². The average molecular weight is 421 g/mol. The second-order valence-electron chi connectivity index (χ2n) is 6.70. The summed E-state index contributed by atoms with van der Waals surface area (Å²) in [6.07, 6.45) is 2.05. The molecule has 1 heterocycles. The molecule has 2 aromatic carbocycles. The Bertz CT molecular complexity index is 958. The van der Waals surface area contributed by atoms with Gasteiger partial charge in [0.05, 0.1) is 17.2 Å². The molecule has 0 spiro atoms. The maximum Gasteiger partial charge on any atom is 0.255 e. The Morgan fingerprint density at radius 1 is 1.14 bits per heavy atom. The zero-order valence-electron chi connectivity index (χ0n) is 16.2. The zero-order chi connectivity index (χ0) is 20.9. The van der Waals surface area contributed by atoms with Gasteiger partial charge in [-0.25, -0.2) is 17.5 Å². The molecule has 1 aliphatic heterocycles. The number of ether oxygens (including phenoxy) is 1. The number of sulfonamides is 1. The molecule has 1 saturated heterocycles. The smallest absolute Gasteiger partial charge is 0.255 e. The van der Waals surface area contributed by atoms with E-state index >= 15 is 0 Å². The highest BCUT2D eigenvalue weighted by molar-refractivity contribution is 7.89. The molecule has 0 unspecified atom stereocenters. The van der Waals surface area contributed by atoms with E-state index in [1.807, 2.05) is 4.90 Å². The number of halogens is 1. The van der Waals surface area contributed by atoms with E-state index in [4.69, 9.17) is 4.74 Å². The van der Waals surface area contributed by atoms with Crippen molar-refractivity contribution < 1.29 is 22.3 Å². The standard InChI is InChI=1S/C20H24FN3O4S/c1-28-14-11-22-29(26,27)16-9-7-15(8-10-16)20(25)23-19-17(21)5-4-6-18(19)24-12-2-3-13-24/h4-10,22H,2-3,11-14H2,1H3,(H,23,25). The van der Waals surface area contributed by atoms with Crippen molar-refractivity contribution in [2.24, 2.45) is 0 Å². The third-order valence-electron chi connectivity index (χ3n) is 4.70. The lowest BCUT2D eigenvalue weighted by molar-refractivity contribution is 0.102. The van der Waals surface area contributed by atoms with E-state index in [0.29, 0.717) is 5.69 Å². The first-order valence-electron chi connectivity index (χ1n) is 9.36. The minimum atomic E-state index is -3.69. The second kappa shape index (κ2) is 9.34. The number of hydrogen-bond donors (Lipinski definition) is 2. The number of nitrogens with one attached hydrogen (secondary N) is 2. The highest BCUT2D eigenvalue weighted by Crippen LogP contribution is 2.31. The second-order valence-corrected chi connectivity index (χ2v) is 8.46. The van der Waals surface area contributed by atoms with E-state index in [2.05, 4.69) is 10.0 Å². The van der Waals surface area contributed by atoms with Crippen LogP contribution in [0.5, 0.6) is 0 Å². The topological polar surface area (TPSA) is 87.7 Å². The molecular weight excluding hydrogens is 397 g/mol. The molecule has 1 aliphatic rings. The Kier molecular flexibility index (Phi) is 6.83. The van der Waals surface area contributed by atoms with Gasteiger partial charge in [0.2, 0.25) is 10.0 Å². The summed E-state index contributed by atoms with van der Waals surface area (Å²) in [5.41, 5.74) is 1.02. The maximum absolute atomic E-state index is 14.4. The van der Waals surface area contributed by atoms with Gasteiger partial charge in [-0.2, -0.15) is 0 Å². The number of carbonyl (C=O) groups is 1. The number of carbonyl (C=O) groups excluding carboxylic acids is 1. The lowest BCUT2D eigenvalue weighted by Gasteiger charge is -2.22. The largest absolute Gasteiger partial charge is 0.383 e. The molecule has 1 fully saturated rings. The molecule has 0 bridgehead atoms. The van der Waals surface area contributed by atoms with E-state index in [9.17, 15) is 17.6 Å². The fourth-order valence-electron chi connectivity index (χ4n) is 3.19. The van der Waals surface area contributed by atoms with Crippen molar-refractivity contribution >= 4 is 27.3 Å². The van der Waals surface area contributed by atoms with Crippen molar-refractivity contribution in [2.45, 2.75) is 17.7 Å². The predicted molar refractivity (Wildman–Crippen MR) is 109 cm³/mol. The molecule has 3 rings (SSSR count). The van der Waals surface area contributed by atoms with Gasteiger partial charge in [-0.05, 0) is 49.2 Å². The molecule has 0 atom stereocenters. The molecule has 2 aromatic rings. The number of methoxy groups -OCH3 is 1. The quantitative estimate of drug-likeness (QED) is 0.640. The molecule has 0 aromatic heterocycles. The summed E-state index contributed by atoms with van der Waals surface area (Å²) in [5, 5.41) is 2.63. The summed E-state index contributed by atoms with van der Waals surface area (Å²) in [7, 11) is -2.21. The first kappa shape index (κ1) is 21.2. The summed E-state index contributed by atoms with van der Waals surface area (Å²) in [6.45, 7) is 2.03. The van der Waals surface area contributed by atoms with Crippen molar-refractivity contribution in [3.8, 4) is 0 Å². The third-order valence-corrected chi connectivity index (χ3v) is 6.18. The number of anilines is 2. The Labute approximate surface area is 169 Å². The average Bonchev–Trinajstić information content (AvgIpc) is 3.24. The van der Waals surface area contributed by atoms with Gasteiger partial charge in [-0.15, -0.1) is 0 Å². The first-order chi connectivity index (χ1) is 13.9. The zero-order valence-corrected chi connectivity index (χ0v) is 17.0. The van der Waals surface area contributed by atoms with Crippen LogP contribution >= 0.6 is 0 Å². The Hall–Kier alpha value is -2.49. The van der Waals surface area contributed by atoms with Crippen LogP contribution in [0, 0.1) is 5.82 Å². The van der Waals surface area contributed by atoms with E-state index in [1.54, 1.807) is 12.1 Å². The summed E-state index contributed by atoms with van der Waals surface area (Å²) >= 11 is 0. The van der Waals surface area contributed by atoms with Crippen LogP contribution in [0.4, 0.5) is 15.8 Å². The third kappa shape index (κ3) is 5.11. The predicted octanol–water partition coefficient (Wildman–Crippen LogP) is 2.60. The van der Waals surface area contributed by atoms with Gasteiger partial charge in [0.1, 0.15) is 11.5 Å². The highest BCUT2D eigenvalue weighted by atomic mass is 32.2. The molecule has 2 N–H and O–H groups in total. The van der Waals surface area contributed by atoms with Crippen LogP contribution in [-0.2, 0) is 14.8 Å². The molecule has 7 nitrogen and oxygen atoms in total. The van der Waals surface area contributed by atoms with Gasteiger partial charge in [0.25, 0.3) is 5.91 Å². The number of para-hydroxylation sites is 1. The number of nitrogens with zero attached hydrogens (tertiary/aromatic N) is 1. The minimum absolute atomic E-state index is 0.0359. The summed E-state index contributed by atoms with van der Waals surface area (Å²) in [5.74, 6) is -1.02. The summed E-state index contributed by atoms with van der Waals surface area (Å²) < 4.78 is 46.0. The molecule has 0 saturated carbocycles. The van der Waals surface area contributed by atoms with Gasteiger partial charge < -0.3 is 15.0 Å². The van der Waals surface area contributed by atoms with Crippen molar-refractivity contribution in [3.63, 3.8) is 0 Å². The molecule has 156 valence electrons. The summed E-state index contributed by atoms with van der Waals surface area (Å²) in [4.78, 5) is 14.7. The molecular formula is C20H24FN3O4S. The Balaban J connectivity index is 1.75. The monoisotopic (exact) mass is 421 g/mol. The van der Waals surface area contributed by atoms with Crippen molar-refractivity contribution in [2.75, 3.05) is 43.6 Å². The SMILES string of the molecule is COCCNS(=O)(=O)c1ccc(C(=O)Nc2c(F)cccc2N2CCCC2)cc1. The molecule has 0 aliphatic carbocycles. The molecule has 29 heavy (non-hydrogen) atoms. The van der Waals surface area contributed by atoms with E-state index in [1.165, 1.54) is 37.4 Å². The number of benzene rings is 2. The van der Waals surface area contributed by atoms with Gasteiger partial charge in [0, 0.05) is 32.3 Å². The number of rotatable bonds is 8. The van der Waals surface area contributed by atoms with E-state index in [0.717, 1.165) is 25.9 Å². The van der Waals surface area contributed by atoms with Crippen LogP contribution in [0.15, 0.2) is 47.4 Å². The molecule has 9 heteroatoms. The Morgan fingerprint density at radius 2 is 1.83 bits per heavy atom. The first-order valence-corrected chi connectivity index (χ1v) is 10.8. The van der Waals surface area contributed by atoms with Crippen LogP contribution < -0.4 is 14.9 Å². The van der Waals surface area contributed by atoms with Gasteiger partial charge in [-0.1, -0.05) is 6.07 Å². The summed E-state index contributed by atoms with van der Waals surface area (Å²) in [6, 6.07) is 10.2. The van der Waals surface area contributed by atoms with E-state index < -0.39 is 21.7 Å². The van der Waals surface area contributed by atoms with Crippen LogP contribution in [0.1, 0.15) is 23.2 Å². The van der Waals surface area contributed by atoms with Crippen molar-refractivity contribution in [3.05, 3.63) is 53.8 Å². The lowest BCUT2D eigenvalue weighted by Crippen LogP contribution is -2.27. The van der Waals surface area contributed by atoms with Gasteiger partial charge in [0.15, 0.2) is 0 Å². The van der Waals surface area contributed by atoms with Gasteiger partial charge in [-0.3, -0.25) is 4.79 Å². The highest BCUT2D eigenvalue weighted by Gasteiger charge is 2.20. The van der Waals surface area contributed by atoms with Crippen LogP contribution in [-0.4, -0.2) is 47.7 Å². The normalized spacial score (nSPS) is 14.2. The number of hydrogen-bond acceptors (Lipinski definition) is 5. The van der Waals surface area contributed by atoms with Crippen LogP contribution in [0.25, 0.3) is 0 Å². The molecule has 1 amide bonds. The minimum Gasteiger partial charge on any atom is -0.383 e. The van der Waals surface area contributed by atoms with Crippen molar-refractivity contribution in [1.29, 1.82) is 0 Å². The van der Waals surface area contributed by atoms with Crippen molar-refractivity contribution in [1.82, 2.24) is 4.72 Å². The fourth-order valence-corrected chi connectivity index (χ4v) is 4.20. The number of amides is 1. The maximum atomic E-state index is 14.4. The van der Waals surface area contributed by atoms with E-state index in [-0.39, 0.29) is 29.3 Å². The van der Waals surface area contributed by atoms with Crippen LogP contribution in [0.3, 0.4) is 0 Å². The fraction of sp³-hybridized carbons (Fsp3) is 0.350. The lowest BCUT2D eigenvalue weighted by atomic mass is 10.2. The Morgan fingerprint density at radius 3 is 2.48 bits per heavy atom.